The van der Waals surface area contributed by atoms with Crippen molar-refractivity contribution in [3.63, 3.8) is 0 Å². The van der Waals surface area contributed by atoms with Crippen LogP contribution >= 0.6 is 0 Å². The van der Waals surface area contributed by atoms with Crippen LogP contribution in [-0.2, 0) is 20.0 Å². The summed E-state index contributed by atoms with van der Waals surface area (Å²) >= 11 is 0. The normalized spacial score (nSPS) is 15.7. The number of alkyl halides is 6. The van der Waals surface area contributed by atoms with Gasteiger partial charge < -0.3 is 9.80 Å². The molecule has 0 atom stereocenters. The van der Waals surface area contributed by atoms with Crippen molar-refractivity contribution in [2.75, 3.05) is 13.2 Å². The summed E-state index contributed by atoms with van der Waals surface area (Å²) in [5.41, 5.74) is -12.3. The molecular formula is C11H17F6N3O4S2. The number of hydrogen-bond donors (Lipinski definition) is 1. The third kappa shape index (κ3) is 7.41. The Kier molecular flexibility index (Phi) is 8.43. The van der Waals surface area contributed by atoms with Gasteiger partial charge in [0.1, 0.15) is 0 Å². The van der Waals surface area contributed by atoms with Gasteiger partial charge in [-0.2, -0.15) is 26.3 Å². The molecule has 1 heterocycles. The van der Waals surface area contributed by atoms with Crippen molar-refractivity contribution < 1.29 is 43.2 Å². The molecular weight excluding hydrogens is 416 g/mol. The van der Waals surface area contributed by atoms with Crippen molar-refractivity contribution in [3.05, 3.63) is 25.2 Å². The Labute approximate surface area is 147 Å². The summed E-state index contributed by atoms with van der Waals surface area (Å²) in [6.07, 6.45) is 8.57. The summed E-state index contributed by atoms with van der Waals surface area (Å²) in [5.74, 6) is 0. The molecule has 1 aliphatic heterocycles. The zero-order valence-corrected chi connectivity index (χ0v) is 15.0. The van der Waals surface area contributed by atoms with E-state index >= 15 is 0 Å². The predicted octanol–water partition coefficient (Wildman–Crippen LogP) is 2.25. The maximum atomic E-state index is 11.5. The van der Waals surface area contributed by atoms with Gasteiger partial charge >= 0.3 is 31.1 Å². The van der Waals surface area contributed by atoms with Gasteiger partial charge in [-0.1, -0.05) is 24.1 Å². The molecule has 1 rings (SSSR count). The molecule has 0 spiro atoms. The fourth-order valence-corrected chi connectivity index (χ4v) is 3.26. The molecule has 0 aromatic heterocycles. The third-order valence-corrected chi connectivity index (χ3v) is 5.65. The van der Waals surface area contributed by atoms with E-state index in [2.05, 4.69) is 35.7 Å². The Morgan fingerprint density at radius 2 is 1.50 bits per heavy atom. The van der Waals surface area contributed by atoms with Crippen molar-refractivity contribution in [1.29, 1.82) is 0 Å². The summed E-state index contributed by atoms with van der Waals surface area (Å²) in [5, 5.41) is 0. The highest BCUT2D eigenvalue weighted by Gasteiger charge is 2.55. The molecule has 26 heavy (non-hydrogen) atoms. The number of halogens is 6. The lowest BCUT2D eigenvalue weighted by Gasteiger charge is -2.17. The molecule has 0 radical (unpaired) electrons. The number of unbranched alkanes of at least 4 members (excludes halogenated alkanes) is 1. The van der Waals surface area contributed by atoms with Crippen LogP contribution in [-0.4, -0.2) is 50.9 Å². The second kappa shape index (κ2) is 8.94. The minimum Gasteiger partial charge on any atom is -0.358 e. The summed E-state index contributed by atoms with van der Waals surface area (Å²) in [6.45, 7) is 8.06. The first-order chi connectivity index (χ1) is 11.6. The van der Waals surface area contributed by atoms with Gasteiger partial charge in [0.2, 0.25) is 0 Å². The molecule has 0 fully saturated rings. The molecule has 0 bridgehead atoms. The van der Waals surface area contributed by atoms with E-state index in [1.807, 2.05) is 6.20 Å². The zero-order chi connectivity index (χ0) is 20.8. The molecule has 1 N–H and O–H groups in total. The van der Waals surface area contributed by atoms with Crippen LogP contribution in [0.25, 0.3) is 0 Å². The lowest BCUT2D eigenvalue weighted by atomic mass is 10.3. The molecule has 154 valence electrons. The predicted molar refractivity (Wildman–Crippen MR) is 80.7 cm³/mol. The Bertz CT molecular complexity index is 658. The molecule has 0 amide bonds. The number of rotatable bonds is 6. The van der Waals surface area contributed by atoms with Gasteiger partial charge in [-0.15, -0.1) is 0 Å². The quantitative estimate of drug-likeness (QED) is 0.647. The number of sulfonamides is 2. The Hall–Kier alpha value is -1.48. The van der Waals surface area contributed by atoms with Gasteiger partial charge in [0.15, 0.2) is 0 Å². The SMILES string of the molecule is C=CN1C=CN(CCCC)C1.O=S(=O)(NS(=O)(=O)C(F)(F)F)C(F)(F)F. The minimum absolute atomic E-state index is 0.493. The van der Waals surface area contributed by atoms with E-state index in [0.717, 1.165) is 13.2 Å². The van der Waals surface area contributed by atoms with Gasteiger partial charge in [-0.25, -0.2) is 16.8 Å². The van der Waals surface area contributed by atoms with Gasteiger partial charge in [0.05, 0.1) is 6.67 Å². The van der Waals surface area contributed by atoms with Crippen LogP contribution in [0.1, 0.15) is 19.8 Å². The first-order valence-electron chi connectivity index (χ1n) is 6.79. The van der Waals surface area contributed by atoms with Gasteiger partial charge in [0.25, 0.3) is 0 Å². The third-order valence-electron chi connectivity index (χ3n) is 2.68. The highest BCUT2D eigenvalue weighted by atomic mass is 32.3. The van der Waals surface area contributed by atoms with Gasteiger partial charge in [0, 0.05) is 18.9 Å². The monoisotopic (exact) mass is 433 g/mol. The first kappa shape index (κ1) is 24.5. The molecule has 15 heteroatoms. The van der Waals surface area contributed by atoms with Crippen LogP contribution < -0.4 is 4.13 Å². The molecule has 1 aliphatic rings. The maximum absolute atomic E-state index is 11.5. The van der Waals surface area contributed by atoms with E-state index in [1.165, 1.54) is 12.8 Å². The standard InChI is InChI=1S/C9H16N2.C2HF6NO4S2/c1-3-5-6-11-8-7-10(4-2)9-11;3-1(4,5)14(10,11)9-15(12,13)2(6,7)8/h4,7-8H,2-3,5-6,9H2,1H3;9H. The zero-order valence-electron chi connectivity index (χ0n) is 13.4. The molecule has 0 unspecified atom stereocenters. The van der Waals surface area contributed by atoms with Gasteiger partial charge in [-0.05, 0) is 12.6 Å². The number of hydrogen-bond acceptors (Lipinski definition) is 6. The van der Waals surface area contributed by atoms with Crippen LogP contribution in [0, 0.1) is 0 Å². The van der Waals surface area contributed by atoms with Crippen molar-refractivity contribution >= 4 is 20.0 Å². The fraction of sp³-hybridized carbons (Fsp3) is 0.636. The van der Waals surface area contributed by atoms with Crippen LogP contribution in [0.15, 0.2) is 25.2 Å². The fourth-order valence-electron chi connectivity index (χ4n) is 1.35. The van der Waals surface area contributed by atoms with Crippen molar-refractivity contribution in [2.45, 2.75) is 30.8 Å². The smallest absolute Gasteiger partial charge is 0.358 e. The van der Waals surface area contributed by atoms with Crippen LogP contribution in [0.4, 0.5) is 26.3 Å². The average molecular weight is 433 g/mol. The topological polar surface area (TPSA) is 86.8 Å². The van der Waals surface area contributed by atoms with Gasteiger partial charge in [-0.3, -0.25) is 0 Å². The van der Waals surface area contributed by atoms with Crippen LogP contribution in [0.3, 0.4) is 0 Å². The molecule has 0 aliphatic carbocycles. The van der Waals surface area contributed by atoms with Crippen molar-refractivity contribution in [2.24, 2.45) is 0 Å². The summed E-state index contributed by atoms with van der Waals surface area (Å²) in [6, 6.07) is 0. The number of nitrogens with one attached hydrogen (secondary N) is 1. The van der Waals surface area contributed by atoms with Crippen LogP contribution in [0.2, 0.25) is 0 Å². The highest BCUT2D eigenvalue weighted by Crippen LogP contribution is 2.27. The molecule has 0 saturated heterocycles. The van der Waals surface area contributed by atoms with Crippen molar-refractivity contribution in [1.82, 2.24) is 13.9 Å². The molecule has 0 aromatic rings. The Balaban J connectivity index is 0.000000502. The Morgan fingerprint density at radius 1 is 1.04 bits per heavy atom. The summed E-state index contributed by atoms with van der Waals surface area (Å²) in [4.78, 5) is 4.38. The summed E-state index contributed by atoms with van der Waals surface area (Å²) < 4.78 is 108. The second-order valence-corrected chi connectivity index (χ2v) is 8.39. The van der Waals surface area contributed by atoms with Crippen molar-refractivity contribution in [3.8, 4) is 0 Å². The average Bonchev–Trinajstić information content (AvgIpc) is 2.90. The maximum Gasteiger partial charge on any atom is 0.512 e. The highest BCUT2D eigenvalue weighted by molar-refractivity contribution is 8.05. The van der Waals surface area contributed by atoms with Crippen LogP contribution in [0.5, 0.6) is 0 Å². The van der Waals surface area contributed by atoms with E-state index < -0.39 is 35.2 Å². The van der Waals surface area contributed by atoms with E-state index in [1.54, 1.807) is 0 Å². The van der Waals surface area contributed by atoms with E-state index in [0.29, 0.717) is 0 Å². The molecule has 0 saturated carbocycles. The largest absolute Gasteiger partial charge is 0.512 e. The van der Waals surface area contributed by atoms with E-state index in [4.69, 9.17) is 0 Å². The number of nitrogens with zero attached hydrogens (tertiary/aromatic N) is 2. The lowest BCUT2D eigenvalue weighted by molar-refractivity contribution is -0.0476. The summed E-state index contributed by atoms with van der Waals surface area (Å²) in [7, 11) is -13.2. The molecule has 7 nitrogen and oxygen atoms in total. The first-order valence-corrected chi connectivity index (χ1v) is 9.76. The van der Waals surface area contributed by atoms with E-state index in [9.17, 15) is 43.2 Å². The van der Waals surface area contributed by atoms with E-state index in [-0.39, 0.29) is 0 Å². The minimum atomic E-state index is -6.60. The second-order valence-electron chi connectivity index (χ2n) is 4.78. The Morgan fingerprint density at radius 3 is 1.81 bits per heavy atom. The lowest BCUT2D eigenvalue weighted by Crippen LogP contribution is -2.45. The molecule has 0 aromatic carbocycles.